The van der Waals surface area contributed by atoms with E-state index < -0.39 is 0 Å². The zero-order valence-corrected chi connectivity index (χ0v) is 14.2. The van der Waals surface area contributed by atoms with Gasteiger partial charge in [0.05, 0.1) is 6.54 Å². The third kappa shape index (κ3) is 4.57. The van der Waals surface area contributed by atoms with Gasteiger partial charge in [0.25, 0.3) is 0 Å². The maximum atomic E-state index is 12.4. The van der Waals surface area contributed by atoms with E-state index in [-0.39, 0.29) is 17.9 Å². The third-order valence-electron chi connectivity index (χ3n) is 5.03. The van der Waals surface area contributed by atoms with E-state index in [0.29, 0.717) is 12.6 Å². The van der Waals surface area contributed by atoms with Crippen LogP contribution in [0.2, 0.25) is 0 Å². The molecular formula is C19H27N3O2. The van der Waals surface area contributed by atoms with Crippen LogP contribution in [0, 0.1) is 0 Å². The highest BCUT2D eigenvalue weighted by atomic mass is 16.2. The van der Waals surface area contributed by atoms with E-state index in [1.165, 1.54) is 5.56 Å². The van der Waals surface area contributed by atoms with E-state index in [9.17, 15) is 9.59 Å². The van der Waals surface area contributed by atoms with Crippen LogP contribution < -0.4 is 10.6 Å². The minimum absolute atomic E-state index is 0.0305. The van der Waals surface area contributed by atoms with Gasteiger partial charge in [0.15, 0.2) is 0 Å². The number of carbonyl (C=O) groups excluding carboxylic acids is 2. The lowest BCUT2D eigenvalue weighted by molar-refractivity contribution is -0.129. The number of nitrogens with one attached hydrogen (secondary N) is 2. The average Bonchev–Trinajstić information content (AvgIpc) is 2.90. The number of hydrogen-bond acceptors (Lipinski definition) is 3. The summed E-state index contributed by atoms with van der Waals surface area (Å²) in [5.41, 5.74) is 1.32. The second kappa shape index (κ2) is 8.29. The highest BCUT2D eigenvalue weighted by Gasteiger charge is 2.28. The molecule has 5 nitrogen and oxygen atoms in total. The number of nitrogens with zero attached hydrogens (tertiary/aromatic N) is 1. The molecule has 2 saturated heterocycles. The lowest BCUT2D eigenvalue weighted by Gasteiger charge is -2.25. The number of likely N-dealkylation sites (tertiary alicyclic amines) is 1. The molecule has 0 aromatic heterocycles. The van der Waals surface area contributed by atoms with Crippen LogP contribution in [0.25, 0.3) is 0 Å². The van der Waals surface area contributed by atoms with Gasteiger partial charge in [-0.05, 0) is 50.6 Å². The summed E-state index contributed by atoms with van der Waals surface area (Å²) in [7, 11) is 0. The van der Waals surface area contributed by atoms with Gasteiger partial charge in [0, 0.05) is 12.6 Å². The Bertz CT molecular complexity index is 561. The fraction of sp³-hybridized carbons (Fsp3) is 0.579. The largest absolute Gasteiger partial charge is 0.354 e. The summed E-state index contributed by atoms with van der Waals surface area (Å²) in [5, 5.41) is 5.80. The van der Waals surface area contributed by atoms with Gasteiger partial charge in [-0.3, -0.25) is 14.5 Å². The van der Waals surface area contributed by atoms with Crippen molar-refractivity contribution in [2.24, 2.45) is 0 Å². The Labute approximate surface area is 143 Å². The first-order chi connectivity index (χ1) is 11.7. The summed E-state index contributed by atoms with van der Waals surface area (Å²) in [5.74, 6) is -0.0693. The number of rotatable bonds is 5. The maximum Gasteiger partial charge on any atom is 0.242 e. The Morgan fingerprint density at radius 3 is 2.83 bits per heavy atom. The van der Waals surface area contributed by atoms with Crippen molar-refractivity contribution in [2.45, 2.75) is 50.6 Å². The van der Waals surface area contributed by atoms with Crippen LogP contribution in [0.4, 0.5) is 0 Å². The predicted octanol–water partition coefficient (Wildman–Crippen LogP) is 1.48. The Hall–Kier alpha value is -1.88. The minimum atomic E-state index is -0.366. The van der Waals surface area contributed by atoms with Crippen LogP contribution in [0.15, 0.2) is 30.3 Å². The summed E-state index contributed by atoms with van der Waals surface area (Å²) in [6.07, 6.45) is 5.96. The van der Waals surface area contributed by atoms with Crippen LogP contribution in [-0.2, 0) is 16.0 Å². The van der Waals surface area contributed by atoms with Gasteiger partial charge in [-0.15, -0.1) is 0 Å². The molecule has 0 aliphatic carbocycles. The molecule has 2 N–H and O–H groups in total. The van der Waals surface area contributed by atoms with E-state index in [1.54, 1.807) is 0 Å². The summed E-state index contributed by atoms with van der Waals surface area (Å²) in [6, 6.07) is 10.5. The lowest BCUT2D eigenvalue weighted by Crippen LogP contribution is -2.49. The van der Waals surface area contributed by atoms with Crippen molar-refractivity contribution < 1.29 is 9.59 Å². The molecule has 2 fully saturated rings. The first-order valence-corrected chi connectivity index (χ1v) is 9.07. The zero-order valence-electron chi connectivity index (χ0n) is 14.2. The second-order valence-corrected chi connectivity index (χ2v) is 6.86. The van der Waals surface area contributed by atoms with Gasteiger partial charge >= 0.3 is 0 Å². The van der Waals surface area contributed by atoms with Crippen molar-refractivity contribution in [2.75, 3.05) is 19.6 Å². The maximum absolute atomic E-state index is 12.4. The fourth-order valence-electron chi connectivity index (χ4n) is 3.72. The summed E-state index contributed by atoms with van der Waals surface area (Å²) in [4.78, 5) is 26.6. The summed E-state index contributed by atoms with van der Waals surface area (Å²) < 4.78 is 0. The van der Waals surface area contributed by atoms with Gasteiger partial charge in [0.1, 0.15) is 6.04 Å². The molecule has 1 aromatic carbocycles. The van der Waals surface area contributed by atoms with Crippen LogP contribution in [0.3, 0.4) is 0 Å². The van der Waals surface area contributed by atoms with Crippen LogP contribution >= 0.6 is 0 Å². The Balaban J connectivity index is 1.52. The molecule has 0 unspecified atom stereocenters. The molecule has 2 amide bonds. The second-order valence-electron chi connectivity index (χ2n) is 6.86. The van der Waals surface area contributed by atoms with Crippen molar-refractivity contribution in [1.82, 2.24) is 15.5 Å². The third-order valence-corrected chi connectivity index (χ3v) is 5.03. The number of amides is 2. The zero-order chi connectivity index (χ0) is 16.8. The molecule has 2 atom stereocenters. The predicted molar refractivity (Wildman–Crippen MR) is 93.5 cm³/mol. The molecule has 5 heteroatoms. The molecule has 0 spiro atoms. The molecule has 0 radical (unpaired) electrons. The molecular weight excluding hydrogens is 302 g/mol. The highest BCUT2D eigenvalue weighted by Crippen LogP contribution is 2.20. The van der Waals surface area contributed by atoms with Gasteiger partial charge in [-0.2, -0.15) is 0 Å². The fourth-order valence-corrected chi connectivity index (χ4v) is 3.72. The van der Waals surface area contributed by atoms with Crippen molar-refractivity contribution in [3.63, 3.8) is 0 Å². The number of benzene rings is 1. The number of hydrogen-bond donors (Lipinski definition) is 2. The summed E-state index contributed by atoms with van der Waals surface area (Å²) >= 11 is 0. The van der Waals surface area contributed by atoms with E-state index in [2.05, 4.69) is 39.8 Å². The monoisotopic (exact) mass is 329 g/mol. The van der Waals surface area contributed by atoms with E-state index in [1.807, 2.05) is 6.07 Å². The van der Waals surface area contributed by atoms with E-state index in [0.717, 1.165) is 51.6 Å². The van der Waals surface area contributed by atoms with Crippen molar-refractivity contribution >= 4 is 11.8 Å². The molecule has 3 rings (SSSR count). The van der Waals surface area contributed by atoms with Crippen molar-refractivity contribution in [3.05, 3.63) is 35.9 Å². The smallest absolute Gasteiger partial charge is 0.242 e. The van der Waals surface area contributed by atoms with Gasteiger partial charge in [-0.1, -0.05) is 30.3 Å². The van der Waals surface area contributed by atoms with Gasteiger partial charge in [0.2, 0.25) is 11.8 Å². The molecule has 1 aromatic rings. The van der Waals surface area contributed by atoms with Gasteiger partial charge < -0.3 is 10.6 Å². The van der Waals surface area contributed by atoms with Crippen molar-refractivity contribution in [1.29, 1.82) is 0 Å². The first-order valence-electron chi connectivity index (χ1n) is 9.07. The SMILES string of the molecule is O=C(CN1CCC[C@H]1Cc1ccccc1)N[C@H]1CCCCNC1=O. The van der Waals surface area contributed by atoms with E-state index >= 15 is 0 Å². The normalized spacial score (nSPS) is 25.1. The van der Waals surface area contributed by atoms with E-state index in [4.69, 9.17) is 0 Å². The molecule has 130 valence electrons. The van der Waals surface area contributed by atoms with Crippen LogP contribution in [-0.4, -0.2) is 48.4 Å². The van der Waals surface area contributed by atoms with Crippen molar-refractivity contribution in [3.8, 4) is 0 Å². The first kappa shape index (κ1) is 17.0. The standard InChI is InChI=1S/C19H27N3O2/c23-18(21-17-10-4-5-11-20-19(17)24)14-22-12-6-9-16(22)13-15-7-2-1-3-8-15/h1-3,7-8,16-17H,4-6,9-14H2,(H,20,24)(H,21,23)/t16-,17-/m0/s1. The Morgan fingerprint density at radius 2 is 2.00 bits per heavy atom. The highest BCUT2D eigenvalue weighted by molar-refractivity contribution is 5.88. The minimum Gasteiger partial charge on any atom is -0.354 e. The quantitative estimate of drug-likeness (QED) is 0.860. The molecule has 2 aliphatic heterocycles. The Kier molecular flexibility index (Phi) is 5.86. The molecule has 0 saturated carbocycles. The topological polar surface area (TPSA) is 61.4 Å². The molecule has 24 heavy (non-hydrogen) atoms. The van der Waals surface area contributed by atoms with Gasteiger partial charge in [-0.25, -0.2) is 0 Å². The molecule has 2 heterocycles. The van der Waals surface area contributed by atoms with Crippen LogP contribution in [0.1, 0.15) is 37.7 Å². The summed E-state index contributed by atoms with van der Waals surface area (Å²) in [6.45, 7) is 2.07. The Morgan fingerprint density at radius 1 is 1.17 bits per heavy atom. The average molecular weight is 329 g/mol. The molecule has 0 bridgehead atoms. The molecule has 2 aliphatic rings. The van der Waals surface area contributed by atoms with Crippen LogP contribution in [0.5, 0.6) is 0 Å². The number of carbonyl (C=O) groups is 2. The lowest BCUT2D eigenvalue weighted by atomic mass is 10.0.